The number of unbranched alkanes of at least 4 members (excludes halogenated alkanes) is 13. The molecule has 2 aromatic rings. The van der Waals surface area contributed by atoms with E-state index in [1.165, 1.54) is 70.6 Å². The number of carbonyl (C=O) groups excluding carboxylic acids is 3. The van der Waals surface area contributed by atoms with E-state index in [1.54, 1.807) is 7.05 Å². The monoisotopic (exact) mass is 607 g/mol. The number of hydroxylamine groups is 1. The third kappa shape index (κ3) is 17.2. The molecule has 7 nitrogen and oxygen atoms in total. The van der Waals surface area contributed by atoms with E-state index >= 15 is 0 Å². The number of hydrogen-bond donors (Lipinski definition) is 3. The molecule has 2 rings (SSSR count). The van der Waals surface area contributed by atoms with Crippen molar-refractivity contribution < 1.29 is 19.2 Å². The van der Waals surface area contributed by atoms with Gasteiger partial charge < -0.3 is 10.6 Å². The molecule has 0 aliphatic rings. The fraction of sp³-hybridized carbons (Fsp3) is 0.595. The zero-order chi connectivity index (χ0) is 31.7. The Bertz CT molecular complexity index is 1030. The van der Waals surface area contributed by atoms with Gasteiger partial charge in [0, 0.05) is 25.8 Å². The highest BCUT2D eigenvalue weighted by atomic mass is 16.6. The van der Waals surface area contributed by atoms with Crippen LogP contribution in [0.5, 0.6) is 0 Å². The van der Waals surface area contributed by atoms with E-state index in [2.05, 4.69) is 23.0 Å². The van der Waals surface area contributed by atoms with E-state index in [0.717, 1.165) is 30.4 Å². The zero-order valence-electron chi connectivity index (χ0n) is 27.3. The molecule has 2 aromatic carbocycles. The molecule has 0 heterocycles. The maximum Gasteiger partial charge on any atom is 0.244 e. The standard InChI is InChI=1S/C37H57N3O4/c1-3-4-5-6-7-8-9-10-11-12-13-14-15-22-27-33(29-35(41)40-44-30-32-25-20-17-21-26-32)36(42)39-34(37(43)38-2)28-31-23-18-16-19-24-31/h16-21,23-26,33-34H,3-15,22,27-30H2,1-2H3,(H,38,43)(H,39,42)(H,40,41)/t33-,34?/m1/s1. The van der Waals surface area contributed by atoms with Crippen LogP contribution in [0, 0.1) is 5.92 Å². The summed E-state index contributed by atoms with van der Waals surface area (Å²) >= 11 is 0. The van der Waals surface area contributed by atoms with Gasteiger partial charge in [-0.3, -0.25) is 19.2 Å². The van der Waals surface area contributed by atoms with Crippen molar-refractivity contribution >= 4 is 17.7 Å². The van der Waals surface area contributed by atoms with E-state index in [9.17, 15) is 14.4 Å². The van der Waals surface area contributed by atoms with Crippen LogP contribution >= 0.6 is 0 Å². The van der Waals surface area contributed by atoms with Gasteiger partial charge in [0.15, 0.2) is 0 Å². The predicted molar refractivity (Wildman–Crippen MR) is 179 cm³/mol. The molecule has 0 fully saturated rings. The van der Waals surface area contributed by atoms with Gasteiger partial charge in [-0.25, -0.2) is 5.48 Å². The van der Waals surface area contributed by atoms with Crippen molar-refractivity contribution in [2.45, 2.75) is 129 Å². The van der Waals surface area contributed by atoms with Gasteiger partial charge in [0.1, 0.15) is 6.04 Å². The highest BCUT2D eigenvalue weighted by Crippen LogP contribution is 2.18. The predicted octanol–water partition coefficient (Wildman–Crippen LogP) is 7.59. The maximum absolute atomic E-state index is 13.4. The van der Waals surface area contributed by atoms with Crippen LogP contribution in [0.4, 0.5) is 0 Å². The number of nitrogens with one attached hydrogen (secondary N) is 3. The quantitative estimate of drug-likeness (QED) is 0.0801. The Labute approximate surface area is 266 Å². The Kier molecular flexibility index (Phi) is 20.3. The molecular weight excluding hydrogens is 550 g/mol. The Morgan fingerprint density at radius 2 is 1.16 bits per heavy atom. The molecule has 3 amide bonds. The average Bonchev–Trinajstić information content (AvgIpc) is 3.04. The van der Waals surface area contributed by atoms with E-state index in [-0.39, 0.29) is 30.7 Å². The van der Waals surface area contributed by atoms with E-state index < -0.39 is 12.0 Å². The second-order valence-corrected chi connectivity index (χ2v) is 12.0. The second-order valence-electron chi connectivity index (χ2n) is 12.0. The normalized spacial score (nSPS) is 12.3. The molecule has 7 heteroatoms. The summed E-state index contributed by atoms with van der Waals surface area (Å²) in [5, 5.41) is 5.59. The lowest BCUT2D eigenvalue weighted by Crippen LogP contribution is -2.49. The molecular formula is C37H57N3O4. The van der Waals surface area contributed by atoms with E-state index in [4.69, 9.17) is 4.84 Å². The van der Waals surface area contributed by atoms with Gasteiger partial charge in [-0.05, 0) is 17.5 Å². The zero-order valence-corrected chi connectivity index (χ0v) is 27.3. The Morgan fingerprint density at radius 1 is 0.659 bits per heavy atom. The Hall–Kier alpha value is -3.19. The van der Waals surface area contributed by atoms with Crippen LogP contribution < -0.4 is 16.1 Å². The highest BCUT2D eigenvalue weighted by molar-refractivity contribution is 5.90. The second kappa shape index (κ2) is 24.2. The number of amides is 3. The van der Waals surface area contributed by atoms with Gasteiger partial charge in [-0.2, -0.15) is 0 Å². The van der Waals surface area contributed by atoms with E-state index in [0.29, 0.717) is 12.8 Å². The molecule has 1 unspecified atom stereocenters. The molecule has 244 valence electrons. The summed E-state index contributed by atoms with van der Waals surface area (Å²) in [5.41, 5.74) is 4.40. The van der Waals surface area contributed by atoms with Crippen LogP contribution in [0.1, 0.15) is 121 Å². The molecule has 0 spiro atoms. The fourth-order valence-corrected chi connectivity index (χ4v) is 5.47. The Balaban J connectivity index is 1.80. The average molecular weight is 608 g/mol. The smallest absolute Gasteiger partial charge is 0.244 e. The molecule has 0 aliphatic heterocycles. The van der Waals surface area contributed by atoms with Crippen molar-refractivity contribution in [3.05, 3.63) is 71.8 Å². The molecule has 0 aliphatic carbocycles. The van der Waals surface area contributed by atoms with Gasteiger partial charge >= 0.3 is 0 Å². The van der Waals surface area contributed by atoms with E-state index in [1.807, 2.05) is 60.7 Å². The summed E-state index contributed by atoms with van der Waals surface area (Å²) in [7, 11) is 1.57. The lowest BCUT2D eigenvalue weighted by molar-refractivity contribution is -0.139. The first kappa shape index (κ1) is 37.0. The largest absolute Gasteiger partial charge is 0.357 e. The summed E-state index contributed by atoms with van der Waals surface area (Å²) < 4.78 is 0. The molecule has 0 radical (unpaired) electrons. The highest BCUT2D eigenvalue weighted by Gasteiger charge is 2.27. The van der Waals surface area contributed by atoms with Crippen LogP contribution in [0.2, 0.25) is 0 Å². The number of rotatable bonds is 25. The number of benzene rings is 2. The number of hydrogen-bond acceptors (Lipinski definition) is 4. The fourth-order valence-electron chi connectivity index (χ4n) is 5.47. The van der Waals surface area contributed by atoms with Gasteiger partial charge in [-0.1, -0.05) is 157 Å². The topological polar surface area (TPSA) is 96.5 Å². The van der Waals surface area contributed by atoms with Crippen LogP contribution in [0.3, 0.4) is 0 Å². The molecule has 0 saturated heterocycles. The maximum atomic E-state index is 13.4. The van der Waals surface area contributed by atoms with Crippen molar-refractivity contribution in [3.63, 3.8) is 0 Å². The summed E-state index contributed by atoms with van der Waals surface area (Å²) in [6, 6.07) is 18.5. The summed E-state index contributed by atoms with van der Waals surface area (Å²) in [6.45, 7) is 2.51. The minimum atomic E-state index is -0.717. The minimum absolute atomic E-state index is 0.00483. The number of carbonyl (C=O) groups is 3. The molecule has 0 bridgehead atoms. The first-order valence-corrected chi connectivity index (χ1v) is 17.0. The van der Waals surface area contributed by atoms with Crippen molar-refractivity contribution in [1.29, 1.82) is 0 Å². The molecule has 3 N–H and O–H groups in total. The van der Waals surface area contributed by atoms with Crippen LogP contribution in [-0.2, 0) is 32.2 Å². The molecule has 0 aromatic heterocycles. The minimum Gasteiger partial charge on any atom is -0.357 e. The lowest BCUT2D eigenvalue weighted by Gasteiger charge is -2.22. The first-order chi connectivity index (χ1) is 21.5. The SMILES string of the molecule is CCCCCCCCCCCCCCCC[C@H](CC(=O)NOCc1ccccc1)C(=O)NC(Cc1ccccc1)C(=O)NC. The third-order valence-electron chi connectivity index (χ3n) is 8.14. The van der Waals surface area contributed by atoms with Gasteiger partial charge in [0.05, 0.1) is 6.61 Å². The van der Waals surface area contributed by atoms with Crippen molar-refractivity contribution in [3.8, 4) is 0 Å². The van der Waals surface area contributed by atoms with Crippen molar-refractivity contribution in [2.75, 3.05) is 7.05 Å². The van der Waals surface area contributed by atoms with Crippen LogP contribution in [0.25, 0.3) is 0 Å². The molecule has 44 heavy (non-hydrogen) atoms. The van der Waals surface area contributed by atoms with Crippen molar-refractivity contribution in [1.82, 2.24) is 16.1 Å². The lowest BCUT2D eigenvalue weighted by atomic mass is 9.94. The van der Waals surface area contributed by atoms with Gasteiger partial charge in [-0.15, -0.1) is 0 Å². The van der Waals surface area contributed by atoms with Gasteiger partial charge in [0.25, 0.3) is 0 Å². The van der Waals surface area contributed by atoms with Crippen molar-refractivity contribution in [2.24, 2.45) is 5.92 Å². The third-order valence-corrected chi connectivity index (χ3v) is 8.14. The number of likely N-dealkylation sites (N-methyl/N-ethyl adjacent to an activating group) is 1. The van der Waals surface area contributed by atoms with Crippen LogP contribution in [0.15, 0.2) is 60.7 Å². The molecule has 2 atom stereocenters. The summed E-state index contributed by atoms with van der Waals surface area (Å²) in [6.07, 6.45) is 18.6. The first-order valence-electron chi connectivity index (χ1n) is 17.0. The summed E-state index contributed by atoms with van der Waals surface area (Å²) in [4.78, 5) is 44.3. The Morgan fingerprint density at radius 3 is 1.68 bits per heavy atom. The summed E-state index contributed by atoms with van der Waals surface area (Å²) in [5.74, 6) is -1.42. The van der Waals surface area contributed by atoms with Crippen LogP contribution in [-0.4, -0.2) is 30.8 Å². The van der Waals surface area contributed by atoms with Gasteiger partial charge in [0.2, 0.25) is 17.7 Å². The molecule has 0 saturated carbocycles.